The summed E-state index contributed by atoms with van der Waals surface area (Å²) in [6.07, 6.45) is 2.91. The number of aryl methyl sites for hydroxylation is 1. The zero-order chi connectivity index (χ0) is 25.2. The molecule has 1 unspecified atom stereocenters. The number of aromatic nitrogens is 2. The molecule has 2 aromatic carbocycles. The van der Waals surface area contributed by atoms with E-state index >= 15 is 0 Å². The van der Waals surface area contributed by atoms with Crippen LogP contribution in [0.1, 0.15) is 52.5 Å². The third-order valence-corrected chi connectivity index (χ3v) is 7.11. The Morgan fingerprint density at radius 2 is 2.00 bits per heavy atom. The Bertz CT molecular complexity index is 1270. The summed E-state index contributed by atoms with van der Waals surface area (Å²) in [6.45, 7) is 2.98. The van der Waals surface area contributed by atoms with Crippen molar-refractivity contribution in [1.82, 2.24) is 15.1 Å². The van der Waals surface area contributed by atoms with Crippen LogP contribution in [0, 0.1) is 5.82 Å². The van der Waals surface area contributed by atoms with Gasteiger partial charge in [0.15, 0.2) is 5.69 Å². The van der Waals surface area contributed by atoms with Gasteiger partial charge in [-0.1, -0.05) is 24.3 Å². The second-order valence-corrected chi connectivity index (χ2v) is 9.76. The van der Waals surface area contributed by atoms with Gasteiger partial charge in [0.05, 0.1) is 18.8 Å². The van der Waals surface area contributed by atoms with Crippen molar-refractivity contribution in [3.8, 4) is 11.6 Å². The van der Waals surface area contributed by atoms with E-state index in [1.807, 2.05) is 12.1 Å². The van der Waals surface area contributed by atoms with Crippen molar-refractivity contribution in [2.45, 2.75) is 57.1 Å². The molecule has 9 heteroatoms. The van der Waals surface area contributed by atoms with Crippen LogP contribution in [-0.2, 0) is 29.0 Å². The molecule has 3 aliphatic rings. The Kier molecular flexibility index (Phi) is 6.80. The number of amides is 1. The maximum absolute atomic E-state index is 14.2. The zero-order valence-electron chi connectivity index (χ0n) is 20.5. The molecular formula is C28H30FN3O5. The number of carbonyl (C=O) groups is 1. The number of carbonyl (C=O) groups excluding carboxylic acids is 1. The Hall–Kier alpha value is -3.43. The molecule has 1 amide bonds. The number of hydrogen-bond acceptors (Lipinski definition) is 6. The van der Waals surface area contributed by atoms with Gasteiger partial charge in [0.25, 0.3) is 5.91 Å². The highest BCUT2D eigenvalue weighted by molar-refractivity contribution is 5.92. The number of nitrogens with zero attached hydrogens (tertiary/aromatic N) is 2. The average molecular weight is 508 g/mol. The Labute approximate surface area is 214 Å². The highest BCUT2D eigenvalue weighted by atomic mass is 19.1. The summed E-state index contributed by atoms with van der Waals surface area (Å²) in [5.74, 6) is 0.715. The molecule has 4 heterocycles. The Balaban J connectivity index is 1.07. The summed E-state index contributed by atoms with van der Waals surface area (Å²) in [6, 6.07) is 14.1. The van der Waals surface area contributed by atoms with Crippen LogP contribution in [0.25, 0.3) is 0 Å². The molecule has 37 heavy (non-hydrogen) atoms. The minimum Gasteiger partial charge on any atom is -0.491 e. The molecule has 0 aliphatic carbocycles. The molecule has 3 aliphatic heterocycles. The van der Waals surface area contributed by atoms with E-state index in [1.165, 1.54) is 6.07 Å². The van der Waals surface area contributed by atoms with Crippen LogP contribution in [0.2, 0.25) is 0 Å². The van der Waals surface area contributed by atoms with E-state index in [-0.39, 0.29) is 29.6 Å². The lowest BCUT2D eigenvalue weighted by Gasteiger charge is -2.27. The molecule has 1 aromatic heterocycles. The lowest BCUT2D eigenvalue weighted by molar-refractivity contribution is -0.0391. The van der Waals surface area contributed by atoms with Crippen LogP contribution in [0.4, 0.5) is 4.39 Å². The van der Waals surface area contributed by atoms with Crippen molar-refractivity contribution in [2.24, 2.45) is 0 Å². The number of rotatable bonds is 6. The standard InChI is InChI=1S/C28H30FN3O5/c29-23-4-2-1-3-22(23)26-7-10-32-27(37-26)15-24(31-32)28(33)30-20-14-19-13-18(5-6-25(19)36-17-20)16-35-21-8-11-34-12-9-21/h1-6,13,15,20-21,26H,7-12,14,16-17H2,(H,30,33)/t20-,26?/m1/s1. The number of benzene rings is 2. The molecule has 1 saturated heterocycles. The van der Waals surface area contributed by atoms with Crippen molar-refractivity contribution in [3.05, 3.63) is 76.7 Å². The van der Waals surface area contributed by atoms with Crippen molar-refractivity contribution in [1.29, 1.82) is 0 Å². The van der Waals surface area contributed by atoms with Crippen LogP contribution in [0.15, 0.2) is 48.5 Å². The highest BCUT2D eigenvalue weighted by Gasteiger charge is 2.28. The molecule has 6 rings (SSSR count). The van der Waals surface area contributed by atoms with E-state index in [9.17, 15) is 9.18 Å². The number of ether oxygens (including phenoxy) is 4. The van der Waals surface area contributed by atoms with Gasteiger partial charge in [-0.3, -0.25) is 4.79 Å². The normalized spacial score (nSPS) is 21.3. The Morgan fingerprint density at radius 1 is 1.14 bits per heavy atom. The monoisotopic (exact) mass is 507 g/mol. The molecular weight excluding hydrogens is 477 g/mol. The first-order valence-corrected chi connectivity index (χ1v) is 12.9. The second-order valence-electron chi connectivity index (χ2n) is 9.76. The van der Waals surface area contributed by atoms with Crippen LogP contribution < -0.4 is 14.8 Å². The van der Waals surface area contributed by atoms with E-state index in [0.29, 0.717) is 44.0 Å². The maximum Gasteiger partial charge on any atom is 0.272 e. The van der Waals surface area contributed by atoms with Crippen molar-refractivity contribution >= 4 is 5.91 Å². The van der Waals surface area contributed by atoms with Crippen LogP contribution in [0.5, 0.6) is 11.6 Å². The fourth-order valence-corrected chi connectivity index (χ4v) is 5.11. The lowest BCUT2D eigenvalue weighted by Crippen LogP contribution is -2.43. The van der Waals surface area contributed by atoms with Gasteiger partial charge in [0, 0.05) is 37.8 Å². The first-order chi connectivity index (χ1) is 18.1. The van der Waals surface area contributed by atoms with Crippen LogP contribution in [0.3, 0.4) is 0 Å². The SMILES string of the molecule is O=C(N[C@H]1COc2ccc(COC3CCOCC3)cc2C1)c1cc2n(n1)CCC(c1ccccc1F)O2. The first kappa shape index (κ1) is 23.9. The third-order valence-electron chi connectivity index (χ3n) is 7.11. The number of nitrogens with one attached hydrogen (secondary N) is 1. The highest BCUT2D eigenvalue weighted by Crippen LogP contribution is 2.32. The van der Waals surface area contributed by atoms with E-state index < -0.39 is 6.10 Å². The summed E-state index contributed by atoms with van der Waals surface area (Å²) in [5, 5.41) is 7.45. The topological polar surface area (TPSA) is 83.8 Å². The van der Waals surface area contributed by atoms with Crippen LogP contribution >= 0.6 is 0 Å². The Morgan fingerprint density at radius 3 is 2.86 bits per heavy atom. The van der Waals surface area contributed by atoms with Crippen molar-refractivity contribution < 1.29 is 28.1 Å². The molecule has 3 aromatic rings. The third kappa shape index (κ3) is 5.33. The molecule has 0 bridgehead atoms. The van der Waals surface area contributed by atoms with E-state index in [1.54, 1.807) is 28.9 Å². The van der Waals surface area contributed by atoms with Gasteiger partial charge < -0.3 is 24.3 Å². The minimum atomic E-state index is -0.408. The van der Waals surface area contributed by atoms with Gasteiger partial charge in [0.2, 0.25) is 5.88 Å². The largest absolute Gasteiger partial charge is 0.491 e. The summed E-state index contributed by atoms with van der Waals surface area (Å²) in [4.78, 5) is 13.0. The van der Waals surface area contributed by atoms with Gasteiger partial charge in [-0.25, -0.2) is 9.07 Å². The molecule has 1 N–H and O–H groups in total. The molecule has 0 spiro atoms. The van der Waals surface area contributed by atoms with Gasteiger partial charge in [0.1, 0.15) is 24.3 Å². The van der Waals surface area contributed by atoms with Crippen molar-refractivity contribution in [2.75, 3.05) is 19.8 Å². The number of fused-ring (bicyclic) bond motifs is 2. The first-order valence-electron chi connectivity index (χ1n) is 12.9. The van der Waals surface area contributed by atoms with Gasteiger partial charge in [-0.05, 0) is 48.6 Å². The molecule has 0 radical (unpaired) electrons. The maximum atomic E-state index is 14.2. The van der Waals surface area contributed by atoms with E-state index in [0.717, 1.165) is 42.9 Å². The summed E-state index contributed by atoms with van der Waals surface area (Å²) in [5.41, 5.74) is 2.92. The zero-order valence-corrected chi connectivity index (χ0v) is 20.5. The summed E-state index contributed by atoms with van der Waals surface area (Å²) in [7, 11) is 0. The number of hydrogen-bond donors (Lipinski definition) is 1. The van der Waals surface area contributed by atoms with Gasteiger partial charge in [-0.2, -0.15) is 5.10 Å². The number of halogens is 1. The van der Waals surface area contributed by atoms with Crippen molar-refractivity contribution in [3.63, 3.8) is 0 Å². The fraction of sp³-hybridized carbons (Fsp3) is 0.429. The molecule has 2 atom stereocenters. The molecule has 1 fully saturated rings. The lowest BCUT2D eigenvalue weighted by atomic mass is 10.00. The molecule has 194 valence electrons. The molecule has 0 saturated carbocycles. The van der Waals surface area contributed by atoms with Crippen LogP contribution in [-0.4, -0.2) is 47.7 Å². The summed E-state index contributed by atoms with van der Waals surface area (Å²) >= 11 is 0. The van der Waals surface area contributed by atoms with E-state index in [4.69, 9.17) is 18.9 Å². The predicted molar refractivity (Wildman–Crippen MR) is 132 cm³/mol. The second kappa shape index (κ2) is 10.5. The molecule has 8 nitrogen and oxygen atoms in total. The average Bonchev–Trinajstić information content (AvgIpc) is 3.36. The smallest absolute Gasteiger partial charge is 0.272 e. The fourth-order valence-electron chi connectivity index (χ4n) is 5.11. The predicted octanol–water partition coefficient (Wildman–Crippen LogP) is 3.98. The van der Waals surface area contributed by atoms with Gasteiger partial charge >= 0.3 is 0 Å². The summed E-state index contributed by atoms with van der Waals surface area (Å²) < 4.78 is 39.2. The minimum absolute atomic E-state index is 0.183. The van der Waals surface area contributed by atoms with E-state index in [2.05, 4.69) is 16.5 Å². The van der Waals surface area contributed by atoms with Gasteiger partial charge in [-0.15, -0.1) is 0 Å². The quantitative estimate of drug-likeness (QED) is 0.544.